The van der Waals surface area contributed by atoms with Crippen molar-refractivity contribution in [2.75, 3.05) is 16.8 Å². The fourth-order valence-electron chi connectivity index (χ4n) is 4.19. The van der Waals surface area contributed by atoms with Crippen molar-refractivity contribution in [2.24, 2.45) is 0 Å². The van der Waals surface area contributed by atoms with Crippen molar-refractivity contribution in [3.05, 3.63) is 118 Å². The lowest BCUT2D eigenvalue weighted by Gasteiger charge is -2.22. The lowest BCUT2D eigenvalue weighted by atomic mass is 9.98. The van der Waals surface area contributed by atoms with Gasteiger partial charge in [-0.25, -0.2) is 9.97 Å². The van der Waals surface area contributed by atoms with Gasteiger partial charge in [0.2, 0.25) is 11.6 Å². The highest BCUT2D eigenvalue weighted by molar-refractivity contribution is 5.78. The van der Waals surface area contributed by atoms with E-state index in [4.69, 9.17) is 0 Å². The summed E-state index contributed by atoms with van der Waals surface area (Å²) < 4.78 is 0. The molecule has 1 N–H and O–H groups in total. The van der Waals surface area contributed by atoms with Crippen LogP contribution in [0.3, 0.4) is 0 Å². The van der Waals surface area contributed by atoms with Gasteiger partial charge in [-0.05, 0) is 29.2 Å². The van der Waals surface area contributed by atoms with Crippen LogP contribution in [0.1, 0.15) is 22.7 Å². The van der Waals surface area contributed by atoms with Gasteiger partial charge >= 0.3 is 5.69 Å². The Bertz CT molecular complexity index is 1210. The molecule has 0 radical (unpaired) electrons. The molecule has 2 heterocycles. The third-order valence-electron chi connectivity index (χ3n) is 5.68. The van der Waals surface area contributed by atoms with Crippen molar-refractivity contribution < 1.29 is 4.92 Å². The molecule has 7 nitrogen and oxygen atoms in total. The highest BCUT2D eigenvalue weighted by Gasteiger charge is 2.32. The molecule has 32 heavy (non-hydrogen) atoms. The van der Waals surface area contributed by atoms with Gasteiger partial charge in [-0.15, -0.1) is 0 Å². The third-order valence-corrected chi connectivity index (χ3v) is 5.68. The van der Waals surface area contributed by atoms with E-state index >= 15 is 0 Å². The molecule has 5 rings (SSSR count). The van der Waals surface area contributed by atoms with Gasteiger partial charge in [0.25, 0.3) is 0 Å². The molecule has 3 aromatic carbocycles. The average molecular weight is 423 g/mol. The van der Waals surface area contributed by atoms with Crippen LogP contribution in [0.5, 0.6) is 0 Å². The molecule has 0 spiro atoms. The number of fused-ring (bicyclic) bond motifs is 1. The summed E-state index contributed by atoms with van der Waals surface area (Å²) in [6.07, 6.45) is 2.20. The van der Waals surface area contributed by atoms with E-state index in [2.05, 4.69) is 15.3 Å². The molecule has 0 unspecified atom stereocenters. The van der Waals surface area contributed by atoms with Crippen molar-refractivity contribution in [2.45, 2.75) is 12.5 Å². The Hall–Kier alpha value is -4.26. The van der Waals surface area contributed by atoms with Crippen LogP contribution in [0.2, 0.25) is 0 Å². The molecule has 4 aromatic rings. The maximum atomic E-state index is 12.2. The maximum Gasteiger partial charge on any atom is 0.353 e. The second-order valence-electron chi connectivity index (χ2n) is 7.58. The molecular formula is C25H21N5O2. The zero-order valence-corrected chi connectivity index (χ0v) is 17.3. The average Bonchev–Trinajstić information content (AvgIpc) is 3.27. The second-order valence-corrected chi connectivity index (χ2v) is 7.58. The first-order chi connectivity index (χ1) is 15.7. The van der Waals surface area contributed by atoms with E-state index in [1.54, 1.807) is 0 Å². The van der Waals surface area contributed by atoms with Crippen LogP contribution < -0.4 is 10.2 Å². The van der Waals surface area contributed by atoms with Crippen molar-refractivity contribution in [3.8, 4) is 0 Å². The van der Waals surface area contributed by atoms with Crippen molar-refractivity contribution in [1.29, 1.82) is 0 Å². The Morgan fingerprint density at radius 1 is 0.875 bits per heavy atom. The van der Waals surface area contributed by atoms with E-state index in [1.165, 1.54) is 6.33 Å². The summed E-state index contributed by atoms with van der Waals surface area (Å²) >= 11 is 0. The van der Waals surface area contributed by atoms with E-state index in [-0.39, 0.29) is 17.5 Å². The van der Waals surface area contributed by atoms with Crippen LogP contribution in [0.15, 0.2) is 91.3 Å². The smallest absolute Gasteiger partial charge is 0.353 e. The number of benzene rings is 3. The summed E-state index contributed by atoms with van der Waals surface area (Å²) in [5, 5.41) is 15.6. The van der Waals surface area contributed by atoms with Crippen LogP contribution in [0.25, 0.3) is 0 Å². The van der Waals surface area contributed by atoms with Gasteiger partial charge in [-0.3, -0.25) is 10.1 Å². The van der Waals surface area contributed by atoms with E-state index in [0.717, 1.165) is 28.8 Å². The largest absolute Gasteiger partial charge is 0.353 e. The number of nitro groups is 1. The minimum absolute atomic E-state index is 0.124. The monoisotopic (exact) mass is 423 g/mol. The molecule has 0 atom stereocenters. The van der Waals surface area contributed by atoms with Gasteiger partial charge in [0.05, 0.1) is 11.0 Å². The normalized spacial score (nSPS) is 12.6. The number of nitrogens with zero attached hydrogens (tertiary/aromatic N) is 4. The molecule has 1 aromatic heterocycles. The lowest BCUT2D eigenvalue weighted by Crippen LogP contribution is -2.19. The van der Waals surface area contributed by atoms with E-state index in [0.29, 0.717) is 12.4 Å². The molecule has 158 valence electrons. The quantitative estimate of drug-likeness (QED) is 0.335. The fourth-order valence-corrected chi connectivity index (χ4v) is 4.19. The number of hydrogen-bond donors (Lipinski definition) is 1. The zero-order chi connectivity index (χ0) is 21.9. The van der Waals surface area contributed by atoms with Crippen LogP contribution in [0.4, 0.5) is 23.0 Å². The molecule has 7 heteroatoms. The van der Waals surface area contributed by atoms with Crippen LogP contribution >= 0.6 is 0 Å². The molecule has 1 aliphatic heterocycles. The first-order valence-electron chi connectivity index (χ1n) is 10.4. The highest BCUT2D eigenvalue weighted by atomic mass is 16.6. The number of para-hydroxylation sites is 1. The molecule has 1 aliphatic rings. The van der Waals surface area contributed by atoms with Crippen LogP contribution in [-0.4, -0.2) is 21.4 Å². The number of hydrogen-bond acceptors (Lipinski definition) is 6. The van der Waals surface area contributed by atoms with Crippen LogP contribution in [-0.2, 0) is 6.42 Å². The minimum Gasteiger partial charge on any atom is -0.353 e. The first kappa shape index (κ1) is 19.7. The van der Waals surface area contributed by atoms with Gasteiger partial charge in [0.1, 0.15) is 6.33 Å². The Balaban J connectivity index is 1.59. The van der Waals surface area contributed by atoms with Gasteiger partial charge < -0.3 is 10.2 Å². The predicted molar refractivity (Wildman–Crippen MR) is 124 cm³/mol. The first-order valence-corrected chi connectivity index (χ1v) is 10.4. The molecule has 0 amide bonds. The van der Waals surface area contributed by atoms with Gasteiger partial charge in [0, 0.05) is 12.2 Å². The number of rotatable bonds is 6. The molecular weight excluding hydrogens is 402 g/mol. The Labute approximate surface area is 185 Å². The number of anilines is 3. The fraction of sp³-hybridized carbons (Fsp3) is 0.120. The standard InChI is InChI=1S/C25H21N5O2/c31-30(32)23-24(26-17-27-25(23)29-16-15-18-9-7-8-14-21(18)29)28-22(19-10-3-1-4-11-19)20-12-5-2-6-13-20/h1-14,17,22H,15-16H2,(H,26,27,28). The Morgan fingerprint density at radius 2 is 1.50 bits per heavy atom. The van der Waals surface area contributed by atoms with Gasteiger partial charge in [-0.2, -0.15) is 0 Å². The molecule has 0 saturated carbocycles. The van der Waals surface area contributed by atoms with Gasteiger partial charge in [0.15, 0.2) is 0 Å². The zero-order valence-electron chi connectivity index (χ0n) is 17.3. The predicted octanol–water partition coefficient (Wildman–Crippen LogP) is 5.28. The van der Waals surface area contributed by atoms with E-state index < -0.39 is 4.92 Å². The van der Waals surface area contributed by atoms with Gasteiger partial charge in [-0.1, -0.05) is 78.9 Å². The molecule has 0 fully saturated rings. The SMILES string of the molecule is O=[N+]([O-])c1c(NC(c2ccccc2)c2ccccc2)ncnc1N1CCc2ccccc21. The minimum atomic E-state index is -0.397. The topological polar surface area (TPSA) is 84.2 Å². The molecule has 0 saturated heterocycles. The lowest BCUT2D eigenvalue weighted by molar-refractivity contribution is -0.383. The summed E-state index contributed by atoms with van der Waals surface area (Å²) in [4.78, 5) is 22.3. The highest BCUT2D eigenvalue weighted by Crippen LogP contribution is 2.41. The van der Waals surface area contributed by atoms with E-state index in [1.807, 2.05) is 89.8 Å². The van der Waals surface area contributed by atoms with Crippen molar-refractivity contribution in [3.63, 3.8) is 0 Å². The summed E-state index contributed by atoms with van der Waals surface area (Å²) in [6, 6.07) is 27.3. The molecule has 0 aliphatic carbocycles. The van der Waals surface area contributed by atoms with Crippen molar-refractivity contribution in [1.82, 2.24) is 9.97 Å². The third kappa shape index (κ3) is 3.65. The summed E-state index contributed by atoms with van der Waals surface area (Å²) in [5.74, 6) is 0.499. The second kappa shape index (κ2) is 8.47. The van der Waals surface area contributed by atoms with Crippen molar-refractivity contribution >= 4 is 23.0 Å². The summed E-state index contributed by atoms with van der Waals surface area (Å²) in [6.45, 7) is 0.636. The summed E-state index contributed by atoms with van der Waals surface area (Å²) in [5.41, 5.74) is 3.95. The maximum absolute atomic E-state index is 12.2. The Morgan fingerprint density at radius 3 is 2.16 bits per heavy atom. The number of aromatic nitrogens is 2. The Kier molecular flexibility index (Phi) is 5.21. The number of nitrogens with one attached hydrogen (secondary N) is 1. The molecule has 0 bridgehead atoms. The summed E-state index contributed by atoms with van der Waals surface area (Å²) in [7, 11) is 0. The van der Waals surface area contributed by atoms with Crippen LogP contribution in [0, 0.1) is 10.1 Å². The van der Waals surface area contributed by atoms with E-state index in [9.17, 15) is 10.1 Å².